The van der Waals surface area contributed by atoms with Crippen molar-refractivity contribution in [3.8, 4) is 0 Å². The fourth-order valence-corrected chi connectivity index (χ4v) is 3.54. The standard InChI is InChI=1S/C19H26ClNO2/c1-2-17(13-23-12-14-6-7-14)21-18(4-3-5-19(21)22)15-8-10-16(20)11-9-15/h8-11,14,17-18H,2-7,12-13H2,1H3/t17?,18-/m0/s1. The molecule has 2 aliphatic rings. The number of amides is 1. The molecule has 4 heteroatoms. The molecule has 1 aromatic rings. The molecule has 3 nitrogen and oxygen atoms in total. The van der Waals surface area contributed by atoms with Crippen LogP contribution in [0.25, 0.3) is 0 Å². The van der Waals surface area contributed by atoms with Crippen LogP contribution in [0.2, 0.25) is 5.02 Å². The summed E-state index contributed by atoms with van der Waals surface area (Å²) in [6.07, 6.45) is 6.16. The smallest absolute Gasteiger partial charge is 0.223 e. The summed E-state index contributed by atoms with van der Waals surface area (Å²) in [5.41, 5.74) is 1.18. The molecule has 0 bridgehead atoms. The highest BCUT2D eigenvalue weighted by Crippen LogP contribution is 2.35. The molecule has 0 radical (unpaired) electrons. The molecule has 1 aromatic carbocycles. The van der Waals surface area contributed by atoms with Crippen molar-refractivity contribution in [2.75, 3.05) is 13.2 Å². The topological polar surface area (TPSA) is 29.5 Å². The Hall–Kier alpha value is -1.06. The number of likely N-dealkylation sites (tertiary alicyclic amines) is 1. The average molecular weight is 336 g/mol. The first-order chi connectivity index (χ1) is 11.2. The minimum Gasteiger partial charge on any atom is -0.379 e. The first-order valence-electron chi connectivity index (χ1n) is 8.83. The van der Waals surface area contributed by atoms with Crippen LogP contribution in [0, 0.1) is 5.92 Å². The molecular weight excluding hydrogens is 310 g/mol. The number of nitrogens with zero attached hydrogens (tertiary/aromatic N) is 1. The molecule has 0 spiro atoms. The van der Waals surface area contributed by atoms with Crippen molar-refractivity contribution < 1.29 is 9.53 Å². The van der Waals surface area contributed by atoms with E-state index in [-0.39, 0.29) is 18.0 Å². The minimum absolute atomic E-state index is 0.156. The minimum atomic E-state index is 0.156. The lowest BCUT2D eigenvalue weighted by atomic mass is 9.92. The van der Waals surface area contributed by atoms with Gasteiger partial charge in [0.15, 0.2) is 0 Å². The first kappa shape index (κ1) is 16.8. The lowest BCUT2D eigenvalue weighted by Crippen LogP contribution is -2.47. The van der Waals surface area contributed by atoms with Gasteiger partial charge in [0.25, 0.3) is 0 Å². The van der Waals surface area contributed by atoms with Crippen molar-refractivity contribution in [3.05, 3.63) is 34.9 Å². The number of rotatable bonds is 7. The van der Waals surface area contributed by atoms with E-state index in [0.29, 0.717) is 13.0 Å². The zero-order chi connectivity index (χ0) is 16.2. The Kier molecular flexibility index (Phi) is 5.60. The molecule has 0 aromatic heterocycles. The Balaban J connectivity index is 1.72. The molecule has 3 rings (SSSR count). The Labute approximate surface area is 144 Å². The van der Waals surface area contributed by atoms with E-state index in [1.807, 2.05) is 12.1 Å². The molecule has 1 aliphatic carbocycles. The van der Waals surface area contributed by atoms with Gasteiger partial charge in [0.05, 0.1) is 18.7 Å². The second-order valence-corrected chi connectivity index (χ2v) is 7.24. The monoisotopic (exact) mass is 335 g/mol. The van der Waals surface area contributed by atoms with Gasteiger partial charge in [-0.25, -0.2) is 0 Å². The Morgan fingerprint density at radius 1 is 1.26 bits per heavy atom. The Bertz CT molecular complexity index is 527. The molecule has 1 unspecified atom stereocenters. The quantitative estimate of drug-likeness (QED) is 0.728. The summed E-state index contributed by atoms with van der Waals surface area (Å²) < 4.78 is 5.90. The van der Waals surface area contributed by atoms with Gasteiger partial charge in [-0.1, -0.05) is 30.7 Å². The number of halogens is 1. The second kappa shape index (κ2) is 7.67. The maximum absolute atomic E-state index is 12.6. The highest BCUT2D eigenvalue weighted by molar-refractivity contribution is 6.30. The predicted molar refractivity (Wildman–Crippen MR) is 92.5 cm³/mol. The maximum Gasteiger partial charge on any atom is 0.223 e. The second-order valence-electron chi connectivity index (χ2n) is 6.80. The Morgan fingerprint density at radius 3 is 2.65 bits per heavy atom. The first-order valence-corrected chi connectivity index (χ1v) is 9.21. The van der Waals surface area contributed by atoms with E-state index in [2.05, 4.69) is 24.0 Å². The molecule has 126 valence electrons. The van der Waals surface area contributed by atoms with Crippen LogP contribution in [0.3, 0.4) is 0 Å². The van der Waals surface area contributed by atoms with Crippen LogP contribution in [0.5, 0.6) is 0 Å². The number of carbonyl (C=O) groups excluding carboxylic acids is 1. The van der Waals surface area contributed by atoms with Crippen molar-refractivity contribution in [1.82, 2.24) is 4.90 Å². The van der Waals surface area contributed by atoms with Crippen LogP contribution in [0.1, 0.15) is 57.1 Å². The van der Waals surface area contributed by atoms with Crippen LogP contribution in [0.4, 0.5) is 0 Å². The summed E-state index contributed by atoms with van der Waals surface area (Å²) in [7, 11) is 0. The molecular formula is C19H26ClNO2. The van der Waals surface area contributed by atoms with Gasteiger partial charge in [0.2, 0.25) is 5.91 Å². The number of benzene rings is 1. The molecule has 1 saturated heterocycles. The summed E-state index contributed by atoms with van der Waals surface area (Å²) in [4.78, 5) is 14.7. The fraction of sp³-hybridized carbons (Fsp3) is 0.632. The van der Waals surface area contributed by atoms with Gasteiger partial charge in [-0.05, 0) is 55.7 Å². The van der Waals surface area contributed by atoms with Crippen LogP contribution < -0.4 is 0 Å². The predicted octanol–water partition coefficient (Wildman–Crippen LogP) is 4.60. The third-order valence-corrected chi connectivity index (χ3v) is 5.22. The molecule has 1 saturated carbocycles. The number of hydrogen-bond acceptors (Lipinski definition) is 2. The zero-order valence-electron chi connectivity index (χ0n) is 13.8. The van der Waals surface area contributed by atoms with Crippen LogP contribution in [0.15, 0.2) is 24.3 Å². The summed E-state index contributed by atoms with van der Waals surface area (Å²) in [5.74, 6) is 1.02. The van der Waals surface area contributed by atoms with Crippen LogP contribution in [-0.4, -0.2) is 30.1 Å². The van der Waals surface area contributed by atoms with Crippen molar-refractivity contribution in [2.45, 2.75) is 57.5 Å². The number of ether oxygens (including phenoxy) is 1. The van der Waals surface area contributed by atoms with Gasteiger partial charge in [0, 0.05) is 18.1 Å². The molecule has 0 N–H and O–H groups in total. The zero-order valence-corrected chi connectivity index (χ0v) is 14.6. The molecule has 1 amide bonds. The molecule has 1 aliphatic heterocycles. The maximum atomic E-state index is 12.6. The van der Waals surface area contributed by atoms with E-state index in [1.54, 1.807) is 0 Å². The van der Waals surface area contributed by atoms with E-state index >= 15 is 0 Å². The third kappa shape index (κ3) is 4.27. The summed E-state index contributed by atoms with van der Waals surface area (Å²) >= 11 is 6.01. The van der Waals surface area contributed by atoms with Gasteiger partial charge in [-0.3, -0.25) is 4.79 Å². The highest BCUT2D eigenvalue weighted by Gasteiger charge is 2.34. The van der Waals surface area contributed by atoms with Crippen LogP contribution >= 0.6 is 11.6 Å². The lowest BCUT2D eigenvalue weighted by Gasteiger charge is -2.41. The van der Waals surface area contributed by atoms with Crippen molar-refractivity contribution >= 4 is 17.5 Å². The summed E-state index contributed by atoms with van der Waals surface area (Å²) in [6, 6.07) is 8.26. The van der Waals surface area contributed by atoms with Gasteiger partial charge in [-0.2, -0.15) is 0 Å². The van der Waals surface area contributed by atoms with E-state index in [4.69, 9.17) is 16.3 Å². The van der Waals surface area contributed by atoms with Crippen molar-refractivity contribution in [3.63, 3.8) is 0 Å². The highest BCUT2D eigenvalue weighted by atomic mass is 35.5. The van der Waals surface area contributed by atoms with E-state index < -0.39 is 0 Å². The van der Waals surface area contributed by atoms with Gasteiger partial charge < -0.3 is 9.64 Å². The average Bonchev–Trinajstić information content (AvgIpc) is 3.37. The van der Waals surface area contributed by atoms with Crippen LogP contribution in [-0.2, 0) is 9.53 Å². The van der Waals surface area contributed by atoms with E-state index in [1.165, 1.54) is 18.4 Å². The van der Waals surface area contributed by atoms with E-state index in [9.17, 15) is 4.79 Å². The van der Waals surface area contributed by atoms with Gasteiger partial charge in [0.1, 0.15) is 0 Å². The molecule has 1 heterocycles. The fourth-order valence-electron chi connectivity index (χ4n) is 3.41. The van der Waals surface area contributed by atoms with E-state index in [0.717, 1.165) is 36.8 Å². The lowest BCUT2D eigenvalue weighted by molar-refractivity contribution is -0.141. The van der Waals surface area contributed by atoms with Gasteiger partial charge >= 0.3 is 0 Å². The molecule has 2 atom stereocenters. The van der Waals surface area contributed by atoms with Gasteiger partial charge in [-0.15, -0.1) is 0 Å². The summed E-state index contributed by atoms with van der Waals surface area (Å²) in [6.45, 7) is 3.65. The normalized spacial score (nSPS) is 23.1. The van der Waals surface area contributed by atoms with Crippen molar-refractivity contribution in [2.24, 2.45) is 5.92 Å². The Morgan fingerprint density at radius 2 is 2.00 bits per heavy atom. The number of piperidine rings is 1. The summed E-state index contributed by atoms with van der Waals surface area (Å²) in [5, 5.41) is 0.738. The molecule has 23 heavy (non-hydrogen) atoms. The number of hydrogen-bond donors (Lipinski definition) is 0. The van der Waals surface area contributed by atoms with Crippen molar-refractivity contribution in [1.29, 1.82) is 0 Å². The third-order valence-electron chi connectivity index (χ3n) is 4.97. The largest absolute Gasteiger partial charge is 0.379 e. The SMILES string of the molecule is CCC(COCC1CC1)N1C(=O)CCC[C@H]1c1ccc(Cl)cc1. The molecule has 2 fully saturated rings. The number of carbonyl (C=O) groups is 1.